The minimum Gasteiger partial charge on any atom is -0.505 e. The monoisotopic (exact) mass is 269 g/mol. The summed E-state index contributed by atoms with van der Waals surface area (Å²) in [6, 6.07) is 0. The molecule has 0 atom stereocenters. The van der Waals surface area contributed by atoms with Gasteiger partial charge in [-0.3, -0.25) is 0 Å². The molecule has 0 saturated carbocycles. The van der Waals surface area contributed by atoms with E-state index < -0.39 is 11.7 Å². The molecule has 0 heterocycles. The second-order valence-corrected chi connectivity index (χ2v) is 3.70. The van der Waals surface area contributed by atoms with Crippen LogP contribution in [0.25, 0.3) is 0 Å². The summed E-state index contributed by atoms with van der Waals surface area (Å²) in [7, 11) is 1.15. The first kappa shape index (κ1) is 12.2. The van der Waals surface area contributed by atoms with Crippen LogP contribution in [0.15, 0.2) is 0 Å². The minimum atomic E-state index is -0.802. The van der Waals surface area contributed by atoms with Gasteiger partial charge in [0.05, 0.1) is 17.8 Å². The van der Waals surface area contributed by atoms with E-state index in [1.165, 1.54) is 0 Å². The Labute approximate surface area is 100 Å². The molecule has 0 radical (unpaired) electrons. The van der Waals surface area contributed by atoms with Crippen molar-refractivity contribution in [3.05, 3.63) is 20.6 Å². The number of carbonyl (C=O) groups excluding carboxylic acids is 1. The lowest BCUT2D eigenvalue weighted by Gasteiger charge is -2.11. The van der Waals surface area contributed by atoms with Gasteiger partial charge in [-0.25, -0.2) is 4.79 Å². The summed E-state index contributed by atoms with van der Waals surface area (Å²) >= 11 is 17.0. The number of benzene rings is 1. The van der Waals surface area contributed by atoms with E-state index >= 15 is 0 Å². The largest absolute Gasteiger partial charge is 0.505 e. The maximum atomic E-state index is 11.3. The van der Waals surface area contributed by atoms with Crippen molar-refractivity contribution in [2.24, 2.45) is 0 Å². The van der Waals surface area contributed by atoms with Crippen LogP contribution in [0.5, 0.6) is 5.75 Å². The number of methoxy groups -OCH3 is 1. The lowest BCUT2D eigenvalue weighted by atomic mass is 10.2. The third-order valence-electron chi connectivity index (χ3n) is 1.72. The molecule has 0 aliphatic heterocycles. The zero-order valence-electron chi connectivity index (χ0n) is 7.47. The van der Waals surface area contributed by atoms with Crippen LogP contribution in [0.1, 0.15) is 10.4 Å². The molecule has 0 spiro atoms. The summed E-state index contributed by atoms with van der Waals surface area (Å²) in [6.07, 6.45) is 0. The number of rotatable bonds is 1. The number of nitrogens with two attached hydrogens (primary N) is 1. The Morgan fingerprint density at radius 2 is 1.80 bits per heavy atom. The SMILES string of the molecule is COC(=O)c1c(Cl)c(N)c(Cl)c(O)c1Cl. The fraction of sp³-hybridized carbons (Fsp3) is 0.125. The highest BCUT2D eigenvalue weighted by atomic mass is 35.5. The van der Waals surface area contributed by atoms with E-state index in [0.717, 1.165) is 7.11 Å². The van der Waals surface area contributed by atoms with Crippen LogP contribution < -0.4 is 5.73 Å². The van der Waals surface area contributed by atoms with Crippen molar-refractivity contribution in [1.29, 1.82) is 0 Å². The van der Waals surface area contributed by atoms with Crippen molar-refractivity contribution in [1.82, 2.24) is 0 Å². The summed E-state index contributed by atoms with van der Waals surface area (Å²) in [5.74, 6) is -1.30. The molecule has 0 amide bonds. The molecule has 0 aromatic heterocycles. The maximum Gasteiger partial charge on any atom is 0.341 e. The van der Waals surface area contributed by atoms with E-state index in [0.29, 0.717) is 0 Å². The Morgan fingerprint density at radius 1 is 1.27 bits per heavy atom. The van der Waals surface area contributed by atoms with Gasteiger partial charge in [-0.2, -0.15) is 0 Å². The van der Waals surface area contributed by atoms with Crippen molar-refractivity contribution < 1.29 is 14.6 Å². The molecule has 0 aliphatic carbocycles. The average Bonchev–Trinajstić information content (AvgIpc) is 2.23. The minimum absolute atomic E-state index is 0.124. The highest BCUT2D eigenvalue weighted by molar-refractivity contribution is 6.46. The standard InChI is InChI=1S/C8H6Cl3NO3/c1-15-8(14)2-3(9)6(12)5(11)7(13)4(2)10/h13H,12H2,1H3. The summed E-state index contributed by atoms with van der Waals surface area (Å²) in [6.45, 7) is 0. The first-order valence-corrected chi connectivity index (χ1v) is 4.78. The van der Waals surface area contributed by atoms with E-state index in [-0.39, 0.29) is 26.3 Å². The Balaban J connectivity index is 3.60. The molecule has 0 fully saturated rings. The molecular weight excluding hydrogens is 264 g/mol. The van der Waals surface area contributed by atoms with Crippen molar-refractivity contribution in [2.75, 3.05) is 12.8 Å². The molecule has 0 unspecified atom stereocenters. The molecule has 1 aromatic rings. The summed E-state index contributed by atoms with van der Waals surface area (Å²) in [5, 5.41) is 8.80. The Bertz CT molecular complexity index is 405. The molecule has 0 bridgehead atoms. The van der Waals surface area contributed by atoms with E-state index in [4.69, 9.17) is 40.5 Å². The zero-order valence-corrected chi connectivity index (χ0v) is 9.74. The van der Waals surface area contributed by atoms with Gasteiger partial charge < -0.3 is 15.6 Å². The van der Waals surface area contributed by atoms with Crippen LogP contribution in [0.2, 0.25) is 15.1 Å². The predicted octanol–water partition coefficient (Wildman–Crippen LogP) is 2.72. The van der Waals surface area contributed by atoms with Gasteiger partial charge in [-0.05, 0) is 0 Å². The molecule has 0 saturated heterocycles. The number of hydrogen-bond donors (Lipinski definition) is 2. The molecule has 4 nitrogen and oxygen atoms in total. The lowest BCUT2D eigenvalue weighted by Crippen LogP contribution is -2.05. The van der Waals surface area contributed by atoms with Crippen LogP contribution in [0, 0.1) is 0 Å². The molecule has 1 aromatic carbocycles. The number of esters is 1. The normalized spacial score (nSPS) is 10.1. The van der Waals surface area contributed by atoms with Gasteiger partial charge >= 0.3 is 5.97 Å². The third-order valence-corrected chi connectivity index (χ3v) is 2.86. The van der Waals surface area contributed by atoms with E-state index in [9.17, 15) is 9.90 Å². The molecule has 3 N–H and O–H groups in total. The van der Waals surface area contributed by atoms with Crippen LogP contribution in [-0.4, -0.2) is 18.2 Å². The third kappa shape index (κ3) is 1.93. The zero-order chi connectivity index (χ0) is 11.7. The number of nitrogen functional groups attached to an aromatic ring is 1. The highest BCUT2D eigenvalue weighted by Crippen LogP contribution is 2.44. The first-order valence-electron chi connectivity index (χ1n) is 3.65. The summed E-state index contributed by atoms with van der Waals surface area (Å²) in [4.78, 5) is 11.3. The number of anilines is 1. The van der Waals surface area contributed by atoms with Crippen molar-refractivity contribution >= 4 is 46.5 Å². The Morgan fingerprint density at radius 3 is 2.27 bits per heavy atom. The highest BCUT2D eigenvalue weighted by Gasteiger charge is 2.24. The van der Waals surface area contributed by atoms with Crippen molar-refractivity contribution in [3.63, 3.8) is 0 Å². The Kier molecular flexibility index (Phi) is 3.54. The number of carbonyl (C=O) groups is 1. The topological polar surface area (TPSA) is 72.5 Å². The molecule has 7 heteroatoms. The van der Waals surface area contributed by atoms with Gasteiger partial charge in [0.1, 0.15) is 15.6 Å². The number of phenols is 1. The number of halogens is 3. The molecule has 1 rings (SSSR count). The van der Waals surface area contributed by atoms with Gasteiger partial charge in [-0.15, -0.1) is 0 Å². The smallest absolute Gasteiger partial charge is 0.341 e. The van der Waals surface area contributed by atoms with E-state index in [2.05, 4.69) is 4.74 Å². The molecule has 15 heavy (non-hydrogen) atoms. The average molecular weight is 270 g/mol. The van der Waals surface area contributed by atoms with Gasteiger partial charge in [0.25, 0.3) is 0 Å². The number of hydrogen-bond acceptors (Lipinski definition) is 4. The van der Waals surface area contributed by atoms with Gasteiger partial charge in [0, 0.05) is 0 Å². The predicted molar refractivity (Wildman–Crippen MR) is 58.9 cm³/mol. The molecule has 0 aliphatic rings. The van der Waals surface area contributed by atoms with Gasteiger partial charge in [0.15, 0.2) is 5.75 Å². The summed E-state index contributed by atoms with van der Waals surface area (Å²) < 4.78 is 4.43. The van der Waals surface area contributed by atoms with Crippen LogP contribution >= 0.6 is 34.8 Å². The van der Waals surface area contributed by atoms with E-state index in [1.807, 2.05) is 0 Å². The molecular formula is C8H6Cl3NO3. The van der Waals surface area contributed by atoms with Crippen LogP contribution in [0.3, 0.4) is 0 Å². The number of aromatic hydroxyl groups is 1. The number of phenolic OH excluding ortho intramolecular Hbond substituents is 1. The number of ether oxygens (including phenoxy) is 1. The first-order chi connectivity index (χ1) is 6.91. The van der Waals surface area contributed by atoms with Crippen LogP contribution in [0.4, 0.5) is 5.69 Å². The van der Waals surface area contributed by atoms with Gasteiger partial charge in [0.2, 0.25) is 0 Å². The second kappa shape index (κ2) is 4.35. The quantitative estimate of drug-likeness (QED) is 0.608. The van der Waals surface area contributed by atoms with Crippen molar-refractivity contribution in [3.8, 4) is 5.75 Å². The summed E-state index contributed by atoms with van der Waals surface area (Å²) in [5.41, 5.74) is 5.12. The molecule has 82 valence electrons. The maximum absolute atomic E-state index is 11.3. The van der Waals surface area contributed by atoms with Gasteiger partial charge in [-0.1, -0.05) is 34.8 Å². The Hall–Kier alpha value is -0.840. The fourth-order valence-electron chi connectivity index (χ4n) is 0.951. The lowest BCUT2D eigenvalue weighted by molar-refractivity contribution is 0.0601. The van der Waals surface area contributed by atoms with Crippen LogP contribution in [-0.2, 0) is 4.74 Å². The second-order valence-electron chi connectivity index (χ2n) is 2.57. The van der Waals surface area contributed by atoms with Crippen molar-refractivity contribution in [2.45, 2.75) is 0 Å². The fourth-order valence-corrected chi connectivity index (χ4v) is 1.82. The van der Waals surface area contributed by atoms with E-state index in [1.54, 1.807) is 0 Å².